The van der Waals surface area contributed by atoms with Crippen molar-refractivity contribution in [3.05, 3.63) is 17.5 Å². The fourth-order valence-corrected chi connectivity index (χ4v) is 1.10. The highest BCUT2D eigenvalue weighted by Gasteiger charge is 2.41. The van der Waals surface area contributed by atoms with Crippen molar-refractivity contribution >= 4 is 0 Å². The van der Waals surface area contributed by atoms with Gasteiger partial charge in [0.2, 0.25) is 0 Å². The Balaban J connectivity index is 3.13. The van der Waals surface area contributed by atoms with Crippen LogP contribution in [-0.2, 0) is 11.8 Å². The summed E-state index contributed by atoms with van der Waals surface area (Å²) in [5, 5.41) is 15.6. The van der Waals surface area contributed by atoms with Crippen LogP contribution in [0.4, 0.5) is 13.2 Å². The van der Waals surface area contributed by atoms with Crippen molar-refractivity contribution in [1.29, 1.82) is 0 Å². The molecule has 0 aliphatic heterocycles. The SMILES string of the molecule is CC(C)(C)[C@@](C)(O)c1cc(C(F)(F)F)[nH]n1. The van der Waals surface area contributed by atoms with E-state index in [-0.39, 0.29) is 5.69 Å². The summed E-state index contributed by atoms with van der Waals surface area (Å²) in [6.07, 6.45) is -4.47. The molecule has 0 aromatic carbocycles. The average Bonchev–Trinajstić information content (AvgIpc) is 2.47. The van der Waals surface area contributed by atoms with E-state index < -0.39 is 22.9 Å². The maximum atomic E-state index is 12.3. The van der Waals surface area contributed by atoms with E-state index >= 15 is 0 Å². The quantitative estimate of drug-likeness (QED) is 0.787. The number of aliphatic hydroxyl groups is 1. The lowest BCUT2D eigenvalue weighted by Gasteiger charge is -2.35. The van der Waals surface area contributed by atoms with Crippen LogP contribution in [0.5, 0.6) is 0 Å². The lowest BCUT2D eigenvalue weighted by molar-refractivity contribution is -0.141. The second kappa shape index (κ2) is 3.48. The van der Waals surface area contributed by atoms with Crippen LogP contribution in [0.15, 0.2) is 6.07 Å². The van der Waals surface area contributed by atoms with Gasteiger partial charge < -0.3 is 5.11 Å². The van der Waals surface area contributed by atoms with Crippen LogP contribution >= 0.6 is 0 Å². The fourth-order valence-electron chi connectivity index (χ4n) is 1.10. The standard InChI is InChI=1S/C10H15F3N2O/c1-8(2,3)9(4,16)6-5-7(15-14-6)10(11,12)13/h5,16H,1-4H3,(H,14,15)/t9-/m0/s1. The number of hydrogen-bond acceptors (Lipinski definition) is 2. The van der Waals surface area contributed by atoms with Gasteiger partial charge in [0.15, 0.2) is 0 Å². The summed E-state index contributed by atoms with van der Waals surface area (Å²) >= 11 is 0. The van der Waals surface area contributed by atoms with Crippen LogP contribution < -0.4 is 0 Å². The second-order valence-corrected chi connectivity index (χ2v) is 4.99. The zero-order chi connectivity index (χ0) is 12.8. The van der Waals surface area contributed by atoms with Crippen molar-refractivity contribution in [2.24, 2.45) is 5.41 Å². The van der Waals surface area contributed by atoms with Gasteiger partial charge in [-0.1, -0.05) is 20.8 Å². The van der Waals surface area contributed by atoms with Gasteiger partial charge >= 0.3 is 6.18 Å². The van der Waals surface area contributed by atoms with E-state index in [4.69, 9.17) is 0 Å². The van der Waals surface area contributed by atoms with Crippen molar-refractivity contribution in [2.75, 3.05) is 0 Å². The van der Waals surface area contributed by atoms with Crippen molar-refractivity contribution in [2.45, 2.75) is 39.5 Å². The predicted octanol–water partition coefficient (Wildman–Crippen LogP) is 2.68. The second-order valence-electron chi connectivity index (χ2n) is 4.99. The van der Waals surface area contributed by atoms with Gasteiger partial charge in [-0.3, -0.25) is 5.10 Å². The number of rotatable bonds is 1. The molecule has 0 saturated heterocycles. The van der Waals surface area contributed by atoms with E-state index in [2.05, 4.69) is 5.10 Å². The number of halogens is 3. The molecule has 16 heavy (non-hydrogen) atoms. The van der Waals surface area contributed by atoms with Gasteiger partial charge in [-0.2, -0.15) is 18.3 Å². The summed E-state index contributed by atoms with van der Waals surface area (Å²) in [5.74, 6) is 0. The summed E-state index contributed by atoms with van der Waals surface area (Å²) in [5.41, 5.74) is -2.99. The van der Waals surface area contributed by atoms with Gasteiger partial charge in [0.25, 0.3) is 0 Å². The molecule has 0 spiro atoms. The first-order valence-electron chi connectivity index (χ1n) is 4.82. The third kappa shape index (κ3) is 2.21. The Morgan fingerprint density at radius 3 is 2.00 bits per heavy atom. The van der Waals surface area contributed by atoms with Crippen LogP contribution in [-0.4, -0.2) is 15.3 Å². The topological polar surface area (TPSA) is 48.9 Å². The zero-order valence-electron chi connectivity index (χ0n) is 9.61. The molecule has 0 bridgehead atoms. The number of nitrogens with zero attached hydrogens (tertiary/aromatic N) is 1. The van der Waals surface area contributed by atoms with Crippen LogP contribution in [0.3, 0.4) is 0 Å². The minimum atomic E-state index is -4.47. The molecule has 3 nitrogen and oxygen atoms in total. The molecule has 0 radical (unpaired) electrons. The van der Waals surface area contributed by atoms with Gasteiger partial charge in [0, 0.05) is 0 Å². The maximum Gasteiger partial charge on any atom is 0.432 e. The molecular weight excluding hydrogens is 221 g/mol. The highest BCUT2D eigenvalue weighted by Crippen LogP contribution is 2.39. The summed E-state index contributed by atoms with van der Waals surface area (Å²) < 4.78 is 37.0. The first-order chi connectivity index (χ1) is 6.96. The van der Waals surface area contributed by atoms with Crippen molar-refractivity contribution < 1.29 is 18.3 Å². The summed E-state index contributed by atoms with van der Waals surface area (Å²) in [6, 6.07) is 0.839. The molecule has 0 aliphatic rings. The molecule has 0 amide bonds. The van der Waals surface area contributed by atoms with Crippen LogP contribution in [0, 0.1) is 5.41 Å². The molecule has 1 heterocycles. The van der Waals surface area contributed by atoms with E-state index in [1.165, 1.54) is 6.92 Å². The van der Waals surface area contributed by atoms with Crippen LogP contribution in [0.25, 0.3) is 0 Å². The highest BCUT2D eigenvalue weighted by molar-refractivity contribution is 5.19. The lowest BCUT2D eigenvalue weighted by Crippen LogP contribution is -2.37. The normalized spacial score (nSPS) is 17.2. The molecule has 1 atom stereocenters. The molecule has 0 unspecified atom stereocenters. The first-order valence-corrected chi connectivity index (χ1v) is 4.82. The number of H-pyrrole nitrogens is 1. The summed E-state index contributed by atoms with van der Waals surface area (Å²) in [6.45, 7) is 6.64. The Hall–Kier alpha value is -1.04. The maximum absolute atomic E-state index is 12.3. The van der Waals surface area contributed by atoms with E-state index in [9.17, 15) is 18.3 Å². The Labute approximate surface area is 91.7 Å². The first kappa shape index (κ1) is 13.0. The van der Waals surface area contributed by atoms with E-state index in [0.29, 0.717) is 0 Å². The van der Waals surface area contributed by atoms with E-state index in [0.717, 1.165) is 6.07 Å². The highest BCUT2D eigenvalue weighted by atomic mass is 19.4. The van der Waals surface area contributed by atoms with Gasteiger partial charge in [-0.15, -0.1) is 0 Å². The minimum Gasteiger partial charge on any atom is -0.383 e. The van der Waals surface area contributed by atoms with Crippen molar-refractivity contribution in [3.63, 3.8) is 0 Å². The molecule has 6 heteroatoms. The number of hydrogen-bond donors (Lipinski definition) is 2. The molecule has 1 rings (SSSR count). The Kier molecular flexibility index (Phi) is 2.83. The molecule has 92 valence electrons. The lowest BCUT2D eigenvalue weighted by atomic mass is 9.76. The minimum absolute atomic E-state index is 0.00711. The summed E-state index contributed by atoms with van der Waals surface area (Å²) in [4.78, 5) is 0. The fraction of sp³-hybridized carbons (Fsp3) is 0.700. The average molecular weight is 236 g/mol. The number of aromatic amines is 1. The Bertz CT molecular complexity index is 374. The largest absolute Gasteiger partial charge is 0.432 e. The molecule has 0 fully saturated rings. The Morgan fingerprint density at radius 2 is 1.69 bits per heavy atom. The van der Waals surface area contributed by atoms with Crippen molar-refractivity contribution in [1.82, 2.24) is 10.2 Å². The predicted molar refractivity (Wildman–Crippen MR) is 52.6 cm³/mol. The Morgan fingerprint density at radius 1 is 1.19 bits per heavy atom. The van der Waals surface area contributed by atoms with Gasteiger partial charge in [-0.05, 0) is 18.4 Å². The van der Waals surface area contributed by atoms with Crippen molar-refractivity contribution in [3.8, 4) is 0 Å². The molecule has 0 saturated carbocycles. The number of alkyl halides is 3. The van der Waals surface area contributed by atoms with Gasteiger partial charge in [-0.25, -0.2) is 0 Å². The third-order valence-electron chi connectivity index (χ3n) is 2.84. The smallest absolute Gasteiger partial charge is 0.383 e. The molecule has 0 aliphatic carbocycles. The zero-order valence-corrected chi connectivity index (χ0v) is 9.61. The number of aromatic nitrogens is 2. The van der Waals surface area contributed by atoms with E-state index in [1.807, 2.05) is 5.10 Å². The van der Waals surface area contributed by atoms with Crippen LogP contribution in [0.2, 0.25) is 0 Å². The molecular formula is C10H15F3N2O. The van der Waals surface area contributed by atoms with E-state index in [1.54, 1.807) is 20.8 Å². The third-order valence-corrected chi connectivity index (χ3v) is 2.84. The number of nitrogens with one attached hydrogen (secondary N) is 1. The van der Waals surface area contributed by atoms with Gasteiger partial charge in [0.05, 0.1) is 5.69 Å². The van der Waals surface area contributed by atoms with Crippen LogP contribution in [0.1, 0.15) is 39.1 Å². The molecule has 1 aromatic rings. The summed E-state index contributed by atoms with van der Waals surface area (Å²) in [7, 11) is 0. The molecule has 2 N–H and O–H groups in total. The molecule has 1 aromatic heterocycles. The monoisotopic (exact) mass is 236 g/mol. The van der Waals surface area contributed by atoms with Gasteiger partial charge in [0.1, 0.15) is 11.3 Å².